The molecular weight excluding hydrogens is 476 g/mol. The SMILES string of the molecule is Cc1ccc(N2CC(C(=O)N3CCC(C(=O)N4CCN(c5cccc(Cl)c5)CC4)CC3)CC2=O)cc1. The Morgan fingerprint density at radius 2 is 1.44 bits per heavy atom. The summed E-state index contributed by atoms with van der Waals surface area (Å²) in [5.74, 6) is -0.112. The Hall–Kier alpha value is -3.06. The van der Waals surface area contributed by atoms with E-state index >= 15 is 0 Å². The molecule has 1 atom stereocenters. The maximum Gasteiger partial charge on any atom is 0.228 e. The summed E-state index contributed by atoms with van der Waals surface area (Å²) in [4.78, 5) is 46.8. The molecule has 0 radical (unpaired) electrons. The van der Waals surface area contributed by atoms with Crippen molar-refractivity contribution in [2.45, 2.75) is 26.2 Å². The summed E-state index contributed by atoms with van der Waals surface area (Å²) in [6, 6.07) is 15.7. The maximum atomic E-state index is 13.2. The highest BCUT2D eigenvalue weighted by Gasteiger charge is 2.39. The first-order valence-corrected chi connectivity index (χ1v) is 13.2. The minimum Gasteiger partial charge on any atom is -0.368 e. The van der Waals surface area contributed by atoms with Crippen LogP contribution in [0.2, 0.25) is 5.02 Å². The van der Waals surface area contributed by atoms with Crippen molar-refractivity contribution in [3.63, 3.8) is 0 Å². The number of carbonyl (C=O) groups is 3. The number of aryl methyl sites for hydroxylation is 1. The van der Waals surface area contributed by atoms with Gasteiger partial charge in [-0.05, 0) is 50.1 Å². The average molecular weight is 509 g/mol. The highest BCUT2D eigenvalue weighted by Crippen LogP contribution is 2.29. The van der Waals surface area contributed by atoms with E-state index in [0.717, 1.165) is 35.1 Å². The number of carbonyl (C=O) groups excluding carboxylic acids is 3. The first kappa shape index (κ1) is 24.6. The Morgan fingerprint density at radius 1 is 0.806 bits per heavy atom. The molecule has 0 spiro atoms. The second kappa shape index (κ2) is 10.5. The molecule has 0 aromatic heterocycles. The number of rotatable bonds is 4. The summed E-state index contributed by atoms with van der Waals surface area (Å²) in [6.45, 7) is 6.56. The zero-order chi connectivity index (χ0) is 25.2. The van der Waals surface area contributed by atoms with Gasteiger partial charge in [-0.15, -0.1) is 0 Å². The van der Waals surface area contributed by atoms with Gasteiger partial charge in [-0.3, -0.25) is 14.4 Å². The molecule has 7 nitrogen and oxygen atoms in total. The standard InChI is InChI=1S/C28H33ClN4O3/c1-20-5-7-24(8-6-20)33-19-22(17-26(33)34)28(36)31-11-9-21(10-12-31)27(35)32-15-13-30(14-16-32)25-4-2-3-23(29)18-25/h2-8,18,21-22H,9-17,19H2,1H3. The van der Waals surface area contributed by atoms with Gasteiger partial charge in [0.25, 0.3) is 0 Å². The second-order valence-electron chi connectivity index (χ2n) is 10.1. The van der Waals surface area contributed by atoms with Crippen LogP contribution in [0.4, 0.5) is 11.4 Å². The van der Waals surface area contributed by atoms with E-state index in [0.29, 0.717) is 45.6 Å². The van der Waals surface area contributed by atoms with Crippen LogP contribution >= 0.6 is 11.6 Å². The number of likely N-dealkylation sites (tertiary alicyclic amines) is 1. The van der Waals surface area contributed by atoms with E-state index in [4.69, 9.17) is 11.6 Å². The minimum atomic E-state index is -0.314. The molecule has 8 heteroatoms. The van der Waals surface area contributed by atoms with Crippen LogP contribution in [0, 0.1) is 18.8 Å². The fourth-order valence-electron chi connectivity index (χ4n) is 5.57. The highest BCUT2D eigenvalue weighted by atomic mass is 35.5. The van der Waals surface area contributed by atoms with Crippen LogP contribution in [0.3, 0.4) is 0 Å². The van der Waals surface area contributed by atoms with Crippen LogP contribution in [0.15, 0.2) is 48.5 Å². The maximum absolute atomic E-state index is 13.2. The number of piperazine rings is 1. The van der Waals surface area contributed by atoms with Gasteiger partial charge < -0.3 is 19.6 Å². The van der Waals surface area contributed by atoms with Crippen molar-refractivity contribution < 1.29 is 14.4 Å². The van der Waals surface area contributed by atoms with Crippen LogP contribution in [-0.2, 0) is 14.4 Å². The Balaban J connectivity index is 1.10. The van der Waals surface area contributed by atoms with Gasteiger partial charge in [-0.1, -0.05) is 35.4 Å². The molecule has 2 aromatic rings. The van der Waals surface area contributed by atoms with Crippen molar-refractivity contribution in [2.24, 2.45) is 11.8 Å². The smallest absolute Gasteiger partial charge is 0.228 e. The molecular formula is C28H33ClN4O3. The second-order valence-corrected chi connectivity index (χ2v) is 10.6. The molecule has 1 unspecified atom stereocenters. The van der Waals surface area contributed by atoms with E-state index in [9.17, 15) is 14.4 Å². The third kappa shape index (κ3) is 5.21. The van der Waals surface area contributed by atoms with E-state index < -0.39 is 0 Å². The fourth-order valence-corrected chi connectivity index (χ4v) is 5.75. The van der Waals surface area contributed by atoms with Crippen molar-refractivity contribution in [1.82, 2.24) is 9.80 Å². The average Bonchev–Trinajstić information content (AvgIpc) is 3.30. The summed E-state index contributed by atoms with van der Waals surface area (Å²) in [6.07, 6.45) is 1.62. The van der Waals surface area contributed by atoms with E-state index in [1.165, 1.54) is 0 Å². The normalized spacial score (nSPS) is 21.3. The van der Waals surface area contributed by atoms with E-state index in [1.54, 1.807) is 4.90 Å². The molecule has 0 saturated carbocycles. The molecule has 0 bridgehead atoms. The third-order valence-corrected chi connectivity index (χ3v) is 7.98. The van der Waals surface area contributed by atoms with Crippen molar-refractivity contribution in [3.8, 4) is 0 Å². The molecule has 36 heavy (non-hydrogen) atoms. The number of hydrogen-bond donors (Lipinski definition) is 0. The van der Waals surface area contributed by atoms with Gasteiger partial charge in [0.05, 0.1) is 5.92 Å². The Morgan fingerprint density at radius 3 is 2.11 bits per heavy atom. The van der Waals surface area contributed by atoms with Gasteiger partial charge in [-0.25, -0.2) is 0 Å². The number of benzene rings is 2. The van der Waals surface area contributed by atoms with Crippen LogP contribution < -0.4 is 9.80 Å². The summed E-state index contributed by atoms with van der Waals surface area (Å²) in [5.41, 5.74) is 3.08. The molecule has 3 saturated heterocycles. The number of nitrogens with zero attached hydrogens (tertiary/aromatic N) is 4. The van der Waals surface area contributed by atoms with Crippen LogP contribution in [0.25, 0.3) is 0 Å². The topological polar surface area (TPSA) is 64.2 Å². The van der Waals surface area contributed by atoms with Gasteiger partial charge in [0.2, 0.25) is 17.7 Å². The van der Waals surface area contributed by atoms with E-state index in [1.807, 2.05) is 65.3 Å². The van der Waals surface area contributed by atoms with Gasteiger partial charge in [0, 0.05) is 74.5 Å². The van der Waals surface area contributed by atoms with E-state index in [2.05, 4.69) is 4.90 Å². The van der Waals surface area contributed by atoms with E-state index in [-0.39, 0.29) is 36.0 Å². The highest BCUT2D eigenvalue weighted by molar-refractivity contribution is 6.30. The van der Waals surface area contributed by atoms with Crippen molar-refractivity contribution in [1.29, 1.82) is 0 Å². The Kier molecular flexibility index (Phi) is 7.19. The molecule has 190 valence electrons. The van der Waals surface area contributed by atoms with Crippen LogP contribution in [-0.4, -0.2) is 73.3 Å². The third-order valence-electron chi connectivity index (χ3n) is 7.74. The molecule has 3 heterocycles. The fraction of sp³-hybridized carbons (Fsp3) is 0.464. The van der Waals surface area contributed by atoms with Crippen LogP contribution in [0.1, 0.15) is 24.8 Å². The molecule has 3 aliphatic rings. The summed E-state index contributed by atoms with van der Waals surface area (Å²) in [5, 5.41) is 0.720. The van der Waals surface area contributed by atoms with Crippen LogP contribution in [0.5, 0.6) is 0 Å². The van der Waals surface area contributed by atoms with Crippen molar-refractivity contribution in [3.05, 3.63) is 59.1 Å². The Labute approximate surface area is 217 Å². The lowest BCUT2D eigenvalue weighted by molar-refractivity contribution is -0.142. The lowest BCUT2D eigenvalue weighted by atomic mass is 9.93. The predicted molar refractivity (Wildman–Crippen MR) is 141 cm³/mol. The number of piperidine rings is 1. The summed E-state index contributed by atoms with van der Waals surface area (Å²) >= 11 is 6.13. The molecule has 3 aliphatic heterocycles. The molecule has 5 rings (SSSR count). The molecule has 0 N–H and O–H groups in total. The lowest BCUT2D eigenvalue weighted by Crippen LogP contribution is -2.52. The molecule has 2 aromatic carbocycles. The van der Waals surface area contributed by atoms with Gasteiger partial charge in [0.1, 0.15) is 0 Å². The number of hydrogen-bond acceptors (Lipinski definition) is 4. The van der Waals surface area contributed by atoms with Crippen molar-refractivity contribution in [2.75, 3.05) is 55.6 Å². The van der Waals surface area contributed by atoms with Gasteiger partial charge in [0.15, 0.2) is 0 Å². The number of amides is 3. The molecule has 3 fully saturated rings. The van der Waals surface area contributed by atoms with Crippen molar-refractivity contribution >= 4 is 40.7 Å². The minimum absolute atomic E-state index is 0.000756. The van der Waals surface area contributed by atoms with Gasteiger partial charge >= 0.3 is 0 Å². The lowest BCUT2D eigenvalue weighted by Gasteiger charge is -2.39. The summed E-state index contributed by atoms with van der Waals surface area (Å²) in [7, 11) is 0. The zero-order valence-corrected chi connectivity index (χ0v) is 21.5. The Bertz CT molecular complexity index is 1120. The summed E-state index contributed by atoms with van der Waals surface area (Å²) < 4.78 is 0. The first-order valence-electron chi connectivity index (χ1n) is 12.8. The zero-order valence-electron chi connectivity index (χ0n) is 20.7. The first-order chi connectivity index (χ1) is 17.4. The number of anilines is 2. The van der Waals surface area contributed by atoms with Gasteiger partial charge in [-0.2, -0.15) is 0 Å². The predicted octanol–water partition coefficient (Wildman–Crippen LogP) is 3.59. The monoisotopic (exact) mass is 508 g/mol. The number of halogens is 1. The quantitative estimate of drug-likeness (QED) is 0.633. The molecule has 3 amide bonds. The molecule has 0 aliphatic carbocycles. The largest absolute Gasteiger partial charge is 0.368 e.